The fourth-order valence-corrected chi connectivity index (χ4v) is 3.84. The molecule has 33 heavy (non-hydrogen) atoms. The maximum Gasteiger partial charge on any atom is 0.417 e. The molecule has 0 aliphatic carbocycles. The predicted octanol–water partition coefficient (Wildman–Crippen LogP) is 5.94. The maximum atomic E-state index is 13.1. The van der Waals surface area contributed by atoms with Gasteiger partial charge in [-0.25, -0.2) is 8.70 Å². The summed E-state index contributed by atoms with van der Waals surface area (Å²) < 4.78 is 53.2. The van der Waals surface area contributed by atoms with Crippen molar-refractivity contribution < 1.29 is 22.4 Å². The molecule has 1 aromatic heterocycles. The Morgan fingerprint density at radius 1 is 1.09 bits per heavy atom. The van der Waals surface area contributed by atoms with E-state index in [0.717, 1.165) is 22.7 Å². The Bertz CT molecular complexity index is 1070. The van der Waals surface area contributed by atoms with Gasteiger partial charge in [0.2, 0.25) is 5.91 Å². The van der Waals surface area contributed by atoms with Gasteiger partial charge in [0.05, 0.1) is 17.8 Å². The number of carbonyl (C=O) groups excluding carboxylic acids is 1. The van der Waals surface area contributed by atoms with Crippen molar-refractivity contribution in [2.45, 2.75) is 37.5 Å². The Hall–Kier alpha value is -2.91. The molecule has 0 aliphatic rings. The summed E-state index contributed by atoms with van der Waals surface area (Å²) in [6.07, 6.45) is -3.63. The van der Waals surface area contributed by atoms with Crippen molar-refractivity contribution in [2.75, 3.05) is 6.54 Å². The lowest BCUT2D eigenvalue weighted by Crippen LogP contribution is -2.36. The molecular weight excluding hydrogens is 454 g/mol. The third kappa shape index (κ3) is 7.30. The Kier molecular flexibility index (Phi) is 8.10. The third-order valence-electron chi connectivity index (χ3n) is 4.71. The molecule has 9 heteroatoms. The summed E-state index contributed by atoms with van der Waals surface area (Å²) in [6, 6.07) is 15.6. The highest BCUT2D eigenvalue weighted by atomic mass is 32.2. The van der Waals surface area contributed by atoms with E-state index in [0.29, 0.717) is 11.3 Å². The van der Waals surface area contributed by atoms with Crippen LogP contribution in [0.15, 0.2) is 71.8 Å². The molecule has 0 fully saturated rings. The highest BCUT2D eigenvalue weighted by molar-refractivity contribution is 7.97. The van der Waals surface area contributed by atoms with E-state index < -0.39 is 11.7 Å². The summed E-state index contributed by atoms with van der Waals surface area (Å²) in [6.45, 7) is 4.33. The van der Waals surface area contributed by atoms with E-state index in [4.69, 9.17) is 0 Å². The lowest BCUT2D eigenvalue weighted by molar-refractivity contribution is -0.137. The maximum absolute atomic E-state index is 13.1. The summed E-state index contributed by atoms with van der Waals surface area (Å²) >= 11 is 1.38. The molecule has 4 nitrogen and oxygen atoms in total. The molecule has 174 valence electrons. The zero-order chi connectivity index (χ0) is 24.0. The van der Waals surface area contributed by atoms with Crippen molar-refractivity contribution in [3.8, 4) is 11.3 Å². The summed E-state index contributed by atoms with van der Waals surface area (Å²) in [7, 11) is 0. The molecule has 0 saturated carbocycles. The molecule has 0 atom stereocenters. The number of hydrogen-bond donors (Lipinski definition) is 1. The Morgan fingerprint density at radius 3 is 2.42 bits per heavy atom. The van der Waals surface area contributed by atoms with Crippen LogP contribution in [-0.2, 0) is 17.5 Å². The fourth-order valence-electron chi connectivity index (χ4n) is 2.92. The quantitative estimate of drug-likeness (QED) is 0.322. The molecule has 3 rings (SSSR count). The Balaban J connectivity index is 1.59. The molecule has 0 radical (unpaired) electrons. The summed E-state index contributed by atoms with van der Waals surface area (Å²) in [5, 5.41) is 2.86. The highest BCUT2D eigenvalue weighted by Gasteiger charge is 2.30. The van der Waals surface area contributed by atoms with Gasteiger partial charge in [0.25, 0.3) is 0 Å². The van der Waals surface area contributed by atoms with Crippen molar-refractivity contribution >= 4 is 17.9 Å². The number of aromatic nitrogens is 1. The van der Waals surface area contributed by atoms with Gasteiger partial charge in [-0.1, -0.05) is 18.2 Å². The largest absolute Gasteiger partial charge is 0.417 e. The normalized spacial score (nSPS) is 11.8. The lowest BCUT2D eigenvalue weighted by atomic mass is 10.1. The summed E-state index contributed by atoms with van der Waals surface area (Å²) in [5.41, 5.74) is 1.07. The smallest absolute Gasteiger partial charge is 0.351 e. The van der Waals surface area contributed by atoms with Crippen LogP contribution in [-0.4, -0.2) is 27.8 Å². The number of amides is 1. The van der Waals surface area contributed by atoms with Crippen molar-refractivity contribution in [3.63, 3.8) is 0 Å². The van der Waals surface area contributed by atoms with Crippen molar-refractivity contribution in [1.29, 1.82) is 0 Å². The molecule has 0 bridgehead atoms. The van der Waals surface area contributed by atoms with Gasteiger partial charge in [0.1, 0.15) is 5.82 Å². The van der Waals surface area contributed by atoms with Crippen LogP contribution in [0.25, 0.3) is 11.3 Å². The van der Waals surface area contributed by atoms with Gasteiger partial charge >= 0.3 is 6.18 Å². The highest BCUT2D eigenvalue weighted by Crippen LogP contribution is 2.30. The first-order valence-electron chi connectivity index (χ1n) is 10.2. The minimum Gasteiger partial charge on any atom is -0.351 e. The second-order valence-electron chi connectivity index (χ2n) is 7.62. The first-order valence-corrected chi connectivity index (χ1v) is 11.0. The molecule has 0 aliphatic heterocycles. The number of nitrogens with zero attached hydrogens (tertiary/aromatic N) is 2. The van der Waals surface area contributed by atoms with Crippen LogP contribution in [0.5, 0.6) is 0 Å². The number of hydrogen-bond acceptors (Lipinski definition) is 4. The minimum atomic E-state index is -4.43. The monoisotopic (exact) mass is 477 g/mol. The molecule has 3 aromatic rings. The number of benzene rings is 2. The number of nitrogens with one attached hydrogen (secondary N) is 1. The zero-order valence-electron chi connectivity index (χ0n) is 18.1. The van der Waals surface area contributed by atoms with Gasteiger partial charge < -0.3 is 5.32 Å². The van der Waals surface area contributed by atoms with E-state index >= 15 is 0 Å². The number of carbonyl (C=O) groups is 1. The molecular formula is C24H23F4N3OS. The molecule has 1 heterocycles. The molecule has 0 saturated heterocycles. The van der Waals surface area contributed by atoms with E-state index in [1.165, 1.54) is 30.1 Å². The second-order valence-corrected chi connectivity index (χ2v) is 8.74. The van der Waals surface area contributed by atoms with Gasteiger partial charge in [-0.05, 0) is 73.8 Å². The number of rotatable bonds is 8. The molecule has 1 amide bonds. The second kappa shape index (κ2) is 10.8. The van der Waals surface area contributed by atoms with Gasteiger partial charge in [-0.3, -0.25) is 9.78 Å². The van der Waals surface area contributed by atoms with Crippen LogP contribution in [0.3, 0.4) is 0 Å². The van der Waals surface area contributed by atoms with Crippen LogP contribution in [0, 0.1) is 5.82 Å². The summed E-state index contributed by atoms with van der Waals surface area (Å²) in [4.78, 5) is 17.3. The van der Waals surface area contributed by atoms with Crippen LogP contribution in [0.1, 0.15) is 25.0 Å². The summed E-state index contributed by atoms with van der Waals surface area (Å²) in [5.74, 6) is -0.502. The van der Waals surface area contributed by atoms with E-state index in [2.05, 4.69) is 10.3 Å². The SMILES string of the molecule is CC(C)N(CC(=O)NCc1cccc(-c2ccc(C(F)(F)F)cn2)c1)Sc1ccc(F)cc1. The standard InChI is InChI=1S/C24H23F4N3OS/c1-16(2)31(33-21-9-7-20(25)8-10-21)15-23(32)30-13-17-4-3-5-18(12-17)22-11-6-19(14-29-22)24(26,27)28/h3-12,14,16H,13,15H2,1-2H3,(H,30,32). The Morgan fingerprint density at radius 2 is 1.82 bits per heavy atom. The van der Waals surface area contributed by atoms with Crippen LogP contribution >= 0.6 is 11.9 Å². The van der Waals surface area contributed by atoms with Crippen molar-refractivity contribution in [2.24, 2.45) is 0 Å². The van der Waals surface area contributed by atoms with Crippen LogP contribution in [0.2, 0.25) is 0 Å². The van der Waals surface area contributed by atoms with Crippen molar-refractivity contribution in [3.05, 3.63) is 83.8 Å². The zero-order valence-corrected chi connectivity index (χ0v) is 18.9. The third-order valence-corrected chi connectivity index (χ3v) is 5.98. The minimum absolute atomic E-state index is 0.0693. The average molecular weight is 478 g/mol. The molecule has 0 unspecified atom stereocenters. The lowest BCUT2D eigenvalue weighted by Gasteiger charge is -2.24. The van der Waals surface area contributed by atoms with E-state index in [1.54, 1.807) is 30.3 Å². The Labute approximate surface area is 194 Å². The molecule has 1 N–H and O–H groups in total. The number of halogens is 4. The molecule has 2 aromatic carbocycles. The predicted molar refractivity (Wildman–Crippen MR) is 121 cm³/mol. The van der Waals surface area contributed by atoms with Crippen molar-refractivity contribution in [1.82, 2.24) is 14.6 Å². The van der Waals surface area contributed by atoms with Gasteiger partial charge in [0.15, 0.2) is 0 Å². The van der Waals surface area contributed by atoms with Gasteiger partial charge in [-0.2, -0.15) is 13.2 Å². The number of pyridine rings is 1. The van der Waals surface area contributed by atoms with E-state index in [1.807, 2.05) is 24.2 Å². The van der Waals surface area contributed by atoms with E-state index in [-0.39, 0.29) is 30.9 Å². The first-order chi connectivity index (χ1) is 15.6. The average Bonchev–Trinajstić information content (AvgIpc) is 2.78. The van der Waals surface area contributed by atoms with E-state index in [9.17, 15) is 22.4 Å². The van der Waals surface area contributed by atoms with Gasteiger partial charge in [0, 0.05) is 29.2 Å². The topological polar surface area (TPSA) is 45.2 Å². The molecule has 0 spiro atoms. The van der Waals surface area contributed by atoms with Crippen LogP contribution in [0.4, 0.5) is 17.6 Å². The number of alkyl halides is 3. The fraction of sp³-hybridized carbons (Fsp3) is 0.250. The first kappa shape index (κ1) is 24.7. The van der Waals surface area contributed by atoms with Crippen LogP contribution < -0.4 is 5.32 Å². The van der Waals surface area contributed by atoms with Gasteiger partial charge in [-0.15, -0.1) is 0 Å².